The lowest BCUT2D eigenvalue weighted by molar-refractivity contribution is 0.101. The minimum atomic E-state index is -0.418. The van der Waals surface area contributed by atoms with E-state index in [1.165, 1.54) is 11.3 Å². The van der Waals surface area contributed by atoms with Gasteiger partial charge in [0.2, 0.25) is 11.0 Å². The predicted molar refractivity (Wildman–Crippen MR) is 109 cm³/mol. The van der Waals surface area contributed by atoms with E-state index in [4.69, 9.17) is 0 Å². The number of carbonyl (C=O) groups is 1. The normalized spacial score (nSPS) is 11.0. The Labute approximate surface area is 166 Å². The molecule has 0 bridgehead atoms. The molecule has 0 atom stereocenters. The summed E-state index contributed by atoms with van der Waals surface area (Å²) in [5, 5.41) is 16.6. The minimum Gasteiger partial charge on any atom is -0.294 e. The Hall–Kier alpha value is -3.39. The maximum atomic E-state index is 12.7. The minimum absolute atomic E-state index is 0.0732. The molecule has 2 aromatic heterocycles. The van der Waals surface area contributed by atoms with E-state index in [0.717, 1.165) is 16.3 Å². The Morgan fingerprint density at radius 3 is 2.32 bits per heavy atom. The second kappa shape index (κ2) is 7.69. The maximum absolute atomic E-state index is 12.7. The number of aromatic nitrogens is 5. The average Bonchev–Trinajstić information content (AvgIpc) is 3.37. The van der Waals surface area contributed by atoms with Crippen molar-refractivity contribution < 1.29 is 4.79 Å². The molecule has 140 valence electrons. The van der Waals surface area contributed by atoms with Crippen LogP contribution in [-0.4, -0.2) is 30.9 Å². The molecule has 0 spiro atoms. The summed E-state index contributed by atoms with van der Waals surface area (Å²) in [5.74, 6) is 0.502. The van der Waals surface area contributed by atoms with Gasteiger partial charge >= 0.3 is 0 Å². The van der Waals surface area contributed by atoms with Crippen LogP contribution in [0.1, 0.15) is 35.4 Å². The van der Waals surface area contributed by atoms with Crippen LogP contribution < -0.4 is 5.32 Å². The molecule has 4 aromatic rings. The first kappa shape index (κ1) is 18.0. The molecule has 0 saturated carbocycles. The zero-order valence-corrected chi connectivity index (χ0v) is 16.2. The van der Waals surface area contributed by atoms with Crippen LogP contribution in [0.25, 0.3) is 17.1 Å². The molecule has 0 unspecified atom stereocenters. The van der Waals surface area contributed by atoms with Crippen molar-refractivity contribution in [3.05, 3.63) is 71.5 Å². The molecule has 7 nitrogen and oxygen atoms in total. The van der Waals surface area contributed by atoms with Crippen molar-refractivity contribution in [2.24, 2.45) is 0 Å². The number of amides is 1. The van der Waals surface area contributed by atoms with Gasteiger partial charge in [0, 0.05) is 11.5 Å². The van der Waals surface area contributed by atoms with Crippen molar-refractivity contribution in [3.8, 4) is 17.1 Å². The van der Waals surface area contributed by atoms with E-state index >= 15 is 0 Å². The molecule has 0 aliphatic heterocycles. The van der Waals surface area contributed by atoms with Crippen molar-refractivity contribution in [2.75, 3.05) is 5.32 Å². The number of hydrogen-bond donors (Lipinski definition) is 1. The number of nitrogens with zero attached hydrogens (tertiary/aromatic N) is 5. The molecule has 0 aliphatic carbocycles. The summed E-state index contributed by atoms with van der Waals surface area (Å²) in [6.07, 6.45) is 0. The first-order valence-electron chi connectivity index (χ1n) is 8.84. The van der Waals surface area contributed by atoms with Gasteiger partial charge < -0.3 is 0 Å². The Balaban J connectivity index is 1.69. The number of anilines is 1. The van der Waals surface area contributed by atoms with Crippen LogP contribution in [-0.2, 0) is 0 Å². The van der Waals surface area contributed by atoms with Crippen molar-refractivity contribution >= 4 is 22.4 Å². The average molecular weight is 390 g/mol. The lowest BCUT2D eigenvalue weighted by Crippen LogP contribution is -2.14. The molecule has 0 aliphatic rings. The monoisotopic (exact) mass is 390 g/mol. The molecule has 1 amide bonds. The fourth-order valence-electron chi connectivity index (χ4n) is 2.60. The Kier molecular flexibility index (Phi) is 4.94. The number of para-hydroxylation sites is 1. The van der Waals surface area contributed by atoms with E-state index in [1.807, 2.05) is 74.5 Å². The van der Waals surface area contributed by atoms with Crippen LogP contribution in [0.3, 0.4) is 0 Å². The summed E-state index contributed by atoms with van der Waals surface area (Å²) >= 11 is 1.35. The standard InChI is InChI=1S/C20H18N6OS/c1-13(2)19-23-24-20(28-19)22-18(27)16-21-17(14-9-5-3-6-10-14)26(25-16)15-11-7-4-8-12-15/h3-13H,1-2H3,(H,22,24,27). The van der Waals surface area contributed by atoms with Crippen LogP contribution >= 0.6 is 11.3 Å². The Morgan fingerprint density at radius 2 is 1.68 bits per heavy atom. The molecule has 0 fully saturated rings. The number of benzene rings is 2. The van der Waals surface area contributed by atoms with Crippen molar-refractivity contribution in [1.29, 1.82) is 0 Å². The van der Waals surface area contributed by atoms with Gasteiger partial charge in [0.1, 0.15) is 5.01 Å². The smallest absolute Gasteiger partial charge is 0.294 e. The van der Waals surface area contributed by atoms with E-state index in [1.54, 1.807) is 4.68 Å². The van der Waals surface area contributed by atoms with E-state index in [0.29, 0.717) is 11.0 Å². The number of rotatable bonds is 5. The van der Waals surface area contributed by atoms with Crippen molar-refractivity contribution in [2.45, 2.75) is 19.8 Å². The van der Waals surface area contributed by atoms with Gasteiger partial charge in [0.15, 0.2) is 5.82 Å². The molecule has 28 heavy (non-hydrogen) atoms. The second-order valence-corrected chi connectivity index (χ2v) is 7.44. The second-order valence-electron chi connectivity index (χ2n) is 6.43. The molecule has 2 aromatic carbocycles. The van der Waals surface area contributed by atoms with Crippen LogP contribution in [0, 0.1) is 0 Å². The highest BCUT2D eigenvalue weighted by atomic mass is 32.1. The van der Waals surface area contributed by atoms with Gasteiger partial charge in [-0.05, 0) is 12.1 Å². The van der Waals surface area contributed by atoms with Gasteiger partial charge in [-0.25, -0.2) is 9.67 Å². The highest BCUT2D eigenvalue weighted by Gasteiger charge is 2.20. The van der Waals surface area contributed by atoms with Gasteiger partial charge in [-0.15, -0.1) is 15.3 Å². The largest absolute Gasteiger partial charge is 0.297 e. The molecular weight excluding hydrogens is 372 g/mol. The van der Waals surface area contributed by atoms with Crippen molar-refractivity contribution in [1.82, 2.24) is 25.0 Å². The lowest BCUT2D eigenvalue weighted by atomic mass is 10.2. The quantitative estimate of drug-likeness (QED) is 0.553. The van der Waals surface area contributed by atoms with Crippen LogP contribution in [0.15, 0.2) is 60.7 Å². The van der Waals surface area contributed by atoms with Crippen LogP contribution in [0.2, 0.25) is 0 Å². The van der Waals surface area contributed by atoms with Gasteiger partial charge in [-0.1, -0.05) is 73.7 Å². The number of nitrogens with one attached hydrogen (secondary N) is 1. The summed E-state index contributed by atoms with van der Waals surface area (Å²) in [5.41, 5.74) is 1.70. The summed E-state index contributed by atoms with van der Waals surface area (Å²) in [7, 11) is 0. The first-order chi connectivity index (χ1) is 13.6. The molecule has 0 radical (unpaired) electrons. The Bertz CT molecular complexity index is 1030. The molecule has 4 rings (SSSR count). The third-order valence-corrected chi connectivity index (χ3v) is 5.14. The molecular formula is C20H18N6OS. The number of carbonyl (C=O) groups excluding carboxylic acids is 1. The fourth-order valence-corrected chi connectivity index (χ4v) is 3.34. The maximum Gasteiger partial charge on any atom is 0.297 e. The zero-order valence-electron chi connectivity index (χ0n) is 15.4. The third-order valence-electron chi connectivity index (χ3n) is 4.00. The SMILES string of the molecule is CC(C)c1nnc(NC(=O)c2nc(-c3ccccc3)n(-c3ccccc3)n2)s1. The highest BCUT2D eigenvalue weighted by Crippen LogP contribution is 2.24. The third kappa shape index (κ3) is 3.67. The van der Waals surface area contributed by atoms with Crippen LogP contribution in [0.5, 0.6) is 0 Å². The van der Waals surface area contributed by atoms with Gasteiger partial charge in [-0.3, -0.25) is 10.1 Å². The van der Waals surface area contributed by atoms with Gasteiger partial charge in [0.05, 0.1) is 5.69 Å². The van der Waals surface area contributed by atoms with Crippen LogP contribution in [0.4, 0.5) is 5.13 Å². The van der Waals surface area contributed by atoms with E-state index in [-0.39, 0.29) is 11.7 Å². The van der Waals surface area contributed by atoms with E-state index in [9.17, 15) is 4.79 Å². The molecule has 1 N–H and O–H groups in total. The summed E-state index contributed by atoms with van der Waals surface area (Å²) in [6.45, 7) is 4.06. The highest BCUT2D eigenvalue weighted by molar-refractivity contribution is 7.15. The zero-order chi connectivity index (χ0) is 19.5. The van der Waals surface area contributed by atoms with Gasteiger partial charge in [-0.2, -0.15) is 0 Å². The first-order valence-corrected chi connectivity index (χ1v) is 9.66. The Morgan fingerprint density at radius 1 is 1.00 bits per heavy atom. The van der Waals surface area contributed by atoms with E-state index in [2.05, 4.69) is 25.6 Å². The summed E-state index contributed by atoms with van der Waals surface area (Å²) in [4.78, 5) is 17.2. The molecule has 8 heteroatoms. The topological polar surface area (TPSA) is 85.6 Å². The lowest BCUT2D eigenvalue weighted by Gasteiger charge is -2.05. The summed E-state index contributed by atoms with van der Waals surface area (Å²) < 4.78 is 1.67. The fraction of sp³-hybridized carbons (Fsp3) is 0.150. The van der Waals surface area contributed by atoms with E-state index < -0.39 is 5.91 Å². The molecule has 2 heterocycles. The van der Waals surface area contributed by atoms with Gasteiger partial charge in [0.25, 0.3) is 5.91 Å². The summed E-state index contributed by atoms with van der Waals surface area (Å²) in [6, 6.07) is 19.3. The predicted octanol–water partition coefficient (Wildman–Crippen LogP) is 4.16. The van der Waals surface area contributed by atoms with Crippen molar-refractivity contribution in [3.63, 3.8) is 0 Å². The number of hydrogen-bond acceptors (Lipinski definition) is 6. The molecule has 0 saturated heterocycles.